The summed E-state index contributed by atoms with van der Waals surface area (Å²) in [5.74, 6) is 0.0319. The normalized spacial score (nSPS) is 10.1. The SMILES string of the molecule is O=C(/C=C/c1ccccc1)c1ccccc1.O=[N+]([O-])c1cc([N+](=O)[O-])cc([N+](=O)[O-])c1. The van der Waals surface area contributed by atoms with Crippen LogP contribution in [0.3, 0.4) is 0 Å². The number of hydrogen-bond donors (Lipinski definition) is 0. The third-order valence-electron chi connectivity index (χ3n) is 3.80. The van der Waals surface area contributed by atoms with E-state index in [1.54, 1.807) is 6.08 Å². The number of nitrogens with zero attached hydrogens (tertiary/aromatic N) is 3. The minimum Gasteiger partial charge on any atom is -0.289 e. The second-order valence-electron chi connectivity index (χ2n) is 5.95. The maximum Gasteiger partial charge on any atom is 0.283 e. The molecule has 0 saturated carbocycles. The van der Waals surface area contributed by atoms with Crippen molar-refractivity contribution in [3.63, 3.8) is 0 Å². The lowest BCUT2D eigenvalue weighted by Gasteiger charge is -1.94. The van der Waals surface area contributed by atoms with Crippen molar-refractivity contribution < 1.29 is 19.6 Å². The zero-order chi connectivity index (χ0) is 22.8. The zero-order valence-electron chi connectivity index (χ0n) is 15.9. The molecule has 3 rings (SSSR count). The molecule has 0 saturated heterocycles. The van der Waals surface area contributed by atoms with Gasteiger partial charge in [-0.25, -0.2) is 0 Å². The summed E-state index contributed by atoms with van der Waals surface area (Å²) < 4.78 is 0. The Labute approximate surface area is 175 Å². The molecule has 156 valence electrons. The van der Waals surface area contributed by atoms with Crippen LogP contribution in [0.5, 0.6) is 0 Å². The van der Waals surface area contributed by atoms with E-state index in [4.69, 9.17) is 0 Å². The number of hydrogen-bond acceptors (Lipinski definition) is 7. The van der Waals surface area contributed by atoms with E-state index in [0.29, 0.717) is 18.2 Å². The van der Waals surface area contributed by atoms with Crippen LogP contribution in [0.15, 0.2) is 84.9 Å². The van der Waals surface area contributed by atoms with Gasteiger partial charge in [0, 0.05) is 5.56 Å². The summed E-state index contributed by atoms with van der Waals surface area (Å²) in [5, 5.41) is 30.9. The number of nitro benzene ring substituents is 3. The minimum atomic E-state index is -0.931. The fraction of sp³-hybridized carbons (Fsp3) is 0. The van der Waals surface area contributed by atoms with Crippen LogP contribution in [0.1, 0.15) is 15.9 Å². The Morgan fingerprint density at radius 3 is 1.42 bits per heavy atom. The third kappa shape index (κ3) is 6.98. The van der Waals surface area contributed by atoms with E-state index in [9.17, 15) is 35.1 Å². The molecule has 0 fully saturated rings. The Morgan fingerprint density at radius 1 is 0.645 bits per heavy atom. The van der Waals surface area contributed by atoms with Crippen molar-refractivity contribution in [3.8, 4) is 0 Å². The van der Waals surface area contributed by atoms with Gasteiger partial charge in [-0.05, 0) is 11.6 Å². The average molecular weight is 421 g/mol. The van der Waals surface area contributed by atoms with Crippen LogP contribution in [0, 0.1) is 30.3 Å². The van der Waals surface area contributed by atoms with E-state index >= 15 is 0 Å². The monoisotopic (exact) mass is 421 g/mol. The Kier molecular flexibility index (Phi) is 7.80. The zero-order valence-corrected chi connectivity index (χ0v) is 15.9. The van der Waals surface area contributed by atoms with Crippen LogP contribution in [0.25, 0.3) is 6.08 Å². The fourth-order valence-corrected chi connectivity index (χ4v) is 2.33. The summed E-state index contributed by atoms with van der Waals surface area (Å²) in [7, 11) is 0. The molecule has 0 bridgehead atoms. The van der Waals surface area contributed by atoms with E-state index < -0.39 is 31.8 Å². The molecule has 0 atom stereocenters. The number of allylic oxidation sites excluding steroid dienone is 1. The molecule has 3 aromatic rings. The number of ketones is 1. The fourth-order valence-electron chi connectivity index (χ4n) is 2.33. The van der Waals surface area contributed by atoms with Crippen molar-refractivity contribution in [2.45, 2.75) is 0 Å². The molecule has 0 heterocycles. The highest BCUT2D eigenvalue weighted by Crippen LogP contribution is 2.26. The van der Waals surface area contributed by atoms with Gasteiger partial charge in [-0.15, -0.1) is 0 Å². The van der Waals surface area contributed by atoms with E-state index in [-0.39, 0.29) is 5.78 Å². The van der Waals surface area contributed by atoms with E-state index in [1.165, 1.54) is 0 Å². The first-order chi connectivity index (χ1) is 14.8. The molecule has 0 aliphatic rings. The number of rotatable bonds is 6. The van der Waals surface area contributed by atoms with Crippen LogP contribution < -0.4 is 0 Å². The van der Waals surface area contributed by atoms with Crippen LogP contribution in [0.2, 0.25) is 0 Å². The summed E-state index contributed by atoms with van der Waals surface area (Å²) >= 11 is 0. The van der Waals surface area contributed by atoms with Gasteiger partial charge in [0.15, 0.2) is 5.78 Å². The maximum absolute atomic E-state index is 11.7. The van der Waals surface area contributed by atoms with Crippen LogP contribution in [0.4, 0.5) is 17.1 Å². The lowest BCUT2D eigenvalue weighted by Crippen LogP contribution is -1.96. The van der Waals surface area contributed by atoms with Gasteiger partial charge in [-0.2, -0.15) is 0 Å². The van der Waals surface area contributed by atoms with Crippen molar-refractivity contribution in [1.29, 1.82) is 0 Å². The highest BCUT2D eigenvalue weighted by atomic mass is 16.6. The second kappa shape index (κ2) is 10.7. The van der Waals surface area contributed by atoms with Crippen LogP contribution in [-0.2, 0) is 0 Å². The number of carbonyl (C=O) groups is 1. The highest BCUT2D eigenvalue weighted by molar-refractivity contribution is 6.06. The molecule has 0 amide bonds. The molecular formula is C21H15N3O7. The second-order valence-corrected chi connectivity index (χ2v) is 5.95. The van der Waals surface area contributed by atoms with E-state index in [1.807, 2.05) is 66.7 Å². The summed E-state index contributed by atoms with van der Waals surface area (Å²) in [6.07, 6.45) is 3.43. The lowest BCUT2D eigenvalue weighted by atomic mass is 10.1. The molecule has 0 aromatic heterocycles. The van der Waals surface area contributed by atoms with Crippen LogP contribution >= 0.6 is 0 Å². The molecule has 31 heavy (non-hydrogen) atoms. The van der Waals surface area contributed by atoms with Gasteiger partial charge < -0.3 is 0 Å². The summed E-state index contributed by atoms with van der Waals surface area (Å²) in [4.78, 5) is 39.9. The molecule has 0 aliphatic heterocycles. The van der Waals surface area contributed by atoms with Gasteiger partial charge in [-0.1, -0.05) is 66.7 Å². The van der Waals surface area contributed by atoms with Gasteiger partial charge in [0.25, 0.3) is 17.1 Å². The first kappa shape index (κ1) is 22.6. The lowest BCUT2D eigenvalue weighted by molar-refractivity contribution is -0.403. The highest BCUT2D eigenvalue weighted by Gasteiger charge is 2.21. The summed E-state index contributed by atoms with van der Waals surface area (Å²) in [5.41, 5.74) is -0.302. The number of nitro groups is 3. The molecule has 0 radical (unpaired) electrons. The number of carbonyl (C=O) groups excluding carboxylic acids is 1. The van der Waals surface area contributed by atoms with Gasteiger partial charge in [0.05, 0.1) is 33.0 Å². The van der Waals surface area contributed by atoms with Gasteiger partial charge in [0.2, 0.25) is 0 Å². The predicted molar refractivity (Wildman–Crippen MR) is 113 cm³/mol. The summed E-state index contributed by atoms with van der Waals surface area (Å²) in [6, 6.07) is 21.0. The topological polar surface area (TPSA) is 146 Å². The van der Waals surface area contributed by atoms with Crippen molar-refractivity contribution in [2.75, 3.05) is 0 Å². The van der Waals surface area contributed by atoms with Crippen molar-refractivity contribution in [2.24, 2.45) is 0 Å². The molecule has 3 aromatic carbocycles. The first-order valence-corrected chi connectivity index (χ1v) is 8.68. The molecule has 0 N–H and O–H groups in total. The van der Waals surface area contributed by atoms with Crippen molar-refractivity contribution >= 4 is 28.9 Å². The maximum atomic E-state index is 11.7. The molecular weight excluding hydrogens is 406 g/mol. The Balaban J connectivity index is 0.000000221. The predicted octanol–water partition coefficient (Wildman–Crippen LogP) is 4.99. The number of benzene rings is 3. The Bertz CT molecular complexity index is 1050. The van der Waals surface area contributed by atoms with E-state index in [2.05, 4.69) is 0 Å². The molecule has 0 unspecified atom stereocenters. The Morgan fingerprint density at radius 2 is 1.03 bits per heavy atom. The Hall–Kier alpha value is -4.73. The minimum absolute atomic E-state index is 0.0319. The first-order valence-electron chi connectivity index (χ1n) is 8.68. The molecule has 10 heteroatoms. The third-order valence-corrected chi connectivity index (χ3v) is 3.80. The van der Waals surface area contributed by atoms with Crippen molar-refractivity contribution in [1.82, 2.24) is 0 Å². The van der Waals surface area contributed by atoms with Gasteiger partial charge >= 0.3 is 0 Å². The smallest absolute Gasteiger partial charge is 0.283 e. The van der Waals surface area contributed by atoms with Gasteiger partial charge in [0.1, 0.15) is 0 Å². The van der Waals surface area contributed by atoms with Crippen molar-refractivity contribution in [3.05, 3.63) is 126 Å². The average Bonchev–Trinajstić information content (AvgIpc) is 2.78. The van der Waals surface area contributed by atoms with Crippen LogP contribution in [-0.4, -0.2) is 20.6 Å². The summed E-state index contributed by atoms with van der Waals surface area (Å²) in [6.45, 7) is 0. The number of non-ortho nitro benzene ring substituents is 3. The quantitative estimate of drug-likeness (QED) is 0.236. The van der Waals surface area contributed by atoms with Gasteiger partial charge in [-0.3, -0.25) is 35.1 Å². The molecule has 0 aliphatic carbocycles. The van der Waals surface area contributed by atoms with E-state index in [0.717, 1.165) is 11.1 Å². The molecule has 0 spiro atoms. The standard InChI is InChI=1S/C15H12O.C6H3N3O6/c16-15(14-9-5-2-6-10-14)12-11-13-7-3-1-4-8-13;10-7(11)4-1-5(8(12)13)3-6(2-4)9(14)15/h1-12H;1-3H/b12-11+;. The largest absolute Gasteiger partial charge is 0.289 e. The molecule has 10 nitrogen and oxygen atoms in total.